The van der Waals surface area contributed by atoms with Gasteiger partial charge in [-0.15, -0.1) is 10.2 Å². The van der Waals surface area contributed by atoms with Gasteiger partial charge in [-0.05, 0) is 36.4 Å². The fraction of sp³-hybridized carbons (Fsp3) is 0.118. The van der Waals surface area contributed by atoms with Crippen LogP contribution in [-0.4, -0.2) is 15.2 Å². The summed E-state index contributed by atoms with van der Waals surface area (Å²) in [6, 6.07) is 11.3. The van der Waals surface area contributed by atoms with E-state index in [-0.39, 0.29) is 17.3 Å². The van der Waals surface area contributed by atoms with Gasteiger partial charge in [0.2, 0.25) is 5.88 Å². The number of ether oxygens (including phenoxy) is 1. The fourth-order valence-electron chi connectivity index (χ4n) is 2.07. The van der Waals surface area contributed by atoms with Gasteiger partial charge in [-0.3, -0.25) is 0 Å². The molecule has 26 heavy (non-hydrogen) atoms. The summed E-state index contributed by atoms with van der Waals surface area (Å²) >= 11 is 9.10. The second-order valence-corrected chi connectivity index (χ2v) is 6.15. The van der Waals surface area contributed by atoms with E-state index in [4.69, 9.17) is 16.3 Å². The molecule has 0 spiro atoms. The number of aromatic nitrogens is 3. The predicted octanol–water partition coefficient (Wildman–Crippen LogP) is 5.90. The van der Waals surface area contributed by atoms with E-state index in [1.165, 1.54) is 12.1 Å². The Hall–Kier alpha value is -2.19. The predicted molar refractivity (Wildman–Crippen MR) is 94.4 cm³/mol. The third-order valence-corrected chi connectivity index (χ3v) is 4.11. The molecule has 9 heteroatoms. The maximum absolute atomic E-state index is 12.9. The second kappa shape index (κ2) is 7.59. The molecule has 0 aliphatic carbocycles. The highest BCUT2D eigenvalue weighted by Gasteiger charge is 2.30. The Morgan fingerprint density at radius 1 is 1.04 bits per heavy atom. The smallest absolute Gasteiger partial charge is 0.416 e. The van der Waals surface area contributed by atoms with Gasteiger partial charge >= 0.3 is 6.18 Å². The van der Waals surface area contributed by atoms with E-state index in [0.29, 0.717) is 21.8 Å². The Balaban J connectivity index is 1.98. The normalized spacial score (nSPS) is 11.4. The van der Waals surface area contributed by atoms with Crippen molar-refractivity contribution < 1.29 is 17.9 Å². The van der Waals surface area contributed by atoms with Gasteiger partial charge in [0.05, 0.1) is 10.9 Å². The van der Waals surface area contributed by atoms with Crippen LogP contribution < -0.4 is 4.74 Å². The third kappa shape index (κ3) is 4.31. The topological polar surface area (TPSA) is 47.9 Å². The van der Waals surface area contributed by atoms with Crippen molar-refractivity contribution in [3.63, 3.8) is 0 Å². The molecule has 0 N–H and O–H groups in total. The van der Waals surface area contributed by atoms with Crippen LogP contribution in [0, 0.1) is 0 Å². The maximum Gasteiger partial charge on any atom is 0.416 e. The highest BCUT2D eigenvalue weighted by molar-refractivity contribution is 9.08. The van der Waals surface area contributed by atoms with Gasteiger partial charge in [0, 0.05) is 10.6 Å². The minimum Gasteiger partial charge on any atom is -0.437 e. The van der Waals surface area contributed by atoms with E-state index in [1.54, 1.807) is 24.3 Å². The zero-order valence-electron chi connectivity index (χ0n) is 13.0. The van der Waals surface area contributed by atoms with Crippen molar-refractivity contribution in [3.8, 4) is 23.0 Å². The van der Waals surface area contributed by atoms with Gasteiger partial charge in [0.1, 0.15) is 11.4 Å². The van der Waals surface area contributed by atoms with E-state index >= 15 is 0 Å². The molecule has 3 aromatic rings. The molecule has 0 amide bonds. The summed E-state index contributed by atoms with van der Waals surface area (Å²) < 4.78 is 44.4. The molecule has 0 unspecified atom stereocenters. The van der Waals surface area contributed by atoms with Crippen LogP contribution in [-0.2, 0) is 11.5 Å². The van der Waals surface area contributed by atoms with Gasteiger partial charge < -0.3 is 4.74 Å². The first kappa shape index (κ1) is 18.6. The molecule has 1 heterocycles. The molecule has 1 aromatic heterocycles. The van der Waals surface area contributed by atoms with Crippen LogP contribution >= 0.6 is 27.5 Å². The first-order chi connectivity index (χ1) is 12.4. The number of nitrogens with zero attached hydrogens (tertiary/aromatic N) is 3. The lowest BCUT2D eigenvalue weighted by molar-refractivity contribution is -0.137. The first-order valence-corrected chi connectivity index (χ1v) is 8.77. The Kier molecular flexibility index (Phi) is 5.43. The summed E-state index contributed by atoms with van der Waals surface area (Å²) in [4.78, 5) is 4.23. The Morgan fingerprint density at radius 3 is 2.42 bits per heavy atom. The largest absolute Gasteiger partial charge is 0.437 e. The van der Waals surface area contributed by atoms with Crippen LogP contribution in [0.1, 0.15) is 11.3 Å². The van der Waals surface area contributed by atoms with Crippen LogP contribution in [0.15, 0.2) is 48.5 Å². The van der Waals surface area contributed by atoms with Crippen molar-refractivity contribution in [2.75, 3.05) is 0 Å². The van der Waals surface area contributed by atoms with Crippen molar-refractivity contribution >= 4 is 27.5 Å². The summed E-state index contributed by atoms with van der Waals surface area (Å²) in [5.74, 6) is 0.642. The minimum absolute atomic E-state index is 0.0322. The zero-order valence-corrected chi connectivity index (χ0v) is 15.3. The highest BCUT2D eigenvalue weighted by Crippen LogP contribution is 2.32. The zero-order chi connectivity index (χ0) is 18.7. The van der Waals surface area contributed by atoms with Crippen LogP contribution in [0.25, 0.3) is 11.4 Å². The number of hydrogen-bond donors (Lipinski definition) is 0. The lowest BCUT2D eigenvalue weighted by Crippen LogP contribution is -2.06. The van der Waals surface area contributed by atoms with Crippen molar-refractivity contribution in [1.82, 2.24) is 15.2 Å². The number of rotatable bonds is 4. The summed E-state index contributed by atoms with van der Waals surface area (Å²) in [5, 5.41) is 8.75. The van der Waals surface area contributed by atoms with Crippen molar-refractivity contribution in [3.05, 3.63) is 64.8 Å². The fourth-order valence-corrected chi connectivity index (χ4v) is 2.55. The average Bonchev–Trinajstić information content (AvgIpc) is 2.63. The van der Waals surface area contributed by atoms with Crippen molar-refractivity contribution in [2.24, 2.45) is 0 Å². The van der Waals surface area contributed by atoms with Gasteiger partial charge in [-0.25, -0.2) is 0 Å². The van der Waals surface area contributed by atoms with Crippen LogP contribution in [0.5, 0.6) is 11.6 Å². The minimum atomic E-state index is -4.46. The van der Waals surface area contributed by atoms with Gasteiger partial charge in [0.15, 0.2) is 5.82 Å². The standard InChI is InChI=1S/C17H10BrClF3N3O/c18-9-14-16(26-13-6-4-12(19)5-7-13)23-15(25-24-14)10-2-1-3-11(8-10)17(20,21)22/h1-8H,9H2. The average molecular weight is 445 g/mol. The van der Waals surface area contributed by atoms with E-state index in [0.717, 1.165) is 12.1 Å². The molecular weight excluding hydrogens is 435 g/mol. The number of alkyl halides is 4. The number of benzene rings is 2. The van der Waals surface area contributed by atoms with Crippen LogP contribution in [0.3, 0.4) is 0 Å². The molecule has 2 aromatic carbocycles. The second-order valence-electron chi connectivity index (χ2n) is 5.16. The molecule has 134 valence electrons. The number of hydrogen-bond acceptors (Lipinski definition) is 4. The van der Waals surface area contributed by atoms with E-state index in [9.17, 15) is 13.2 Å². The molecule has 4 nitrogen and oxygen atoms in total. The molecule has 0 aliphatic heterocycles. The summed E-state index contributed by atoms with van der Waals surface area (Å²) in [5.41, 5.74) is -0.187. The van der Waals surface area contributed by atoms with Crippen LogP contribution in [0.4, 0.5) is 13.2 Å². The molecule has 0 fully saturated rings. The van der Waals surface area contributed by atoms with Gasteiger partial charge in [-0.1, -0.05) is 39.7 Å². The molecule has 0 atom stereocenters. The molecule has 0 aliphatic rings. The van der Waals surface area contributed by atoms with E-state index in [1.807, 2.05) is 0 Å². The number of halogens is 5. The summed E-state index contributed by atoms with van der Waals surface area (Å²) in [7, 11) is 0. The Bertz CT molecular complexity index is 920. The lowest BCUT2D eigenvalue weighted by atomic mass is 10.1. The monoisotopic (exact) mass is 443 g/mol. The molecule has 0 saturated carbocycles. The summed E-state index contributed by atoms with van der Waals surface area (Å²) in [6.07, 6.45) is -4.46. The van der Waals surface area contributed by atoms with Gasteiger partial charge in [0.25, 0.3) is 0 Å². The van der Waals surface area contributed by atoms with Crippen molar-refractivity contribution in [2.45, 2.75) is 11.5 Å². The maximum atomic E-state index is 12.9. The van der Waals surface area contributed by atoms with Crippen LogP contribution in [0.2, 0.25) is 5.02 Å². The Morgan fingerprint density at radius 2 is 1.77 bits per heavy atom. The van der Waals surface area contributed by atoms with Crippen molar-refractivity contribution in [1.29, 1.82) is 0 Å². The van der Waals surface area contributed by atoms with E-state index in [2.05, 4.69) is 31.1 Å². The molecule has 0 radical (unpaired) electrons. The highest BCUT2D eigenvalue weighted by atomic mass is 79.9. The molecule has 0 bridgehead atoms. The third-order valence-electron chi connectivity index (χ3n) is 3.32. The molecular formula is C17H10BrClF3N3O. The molecule has 3 rings (SSSR count). The summed E-state index contributed by atoms with van der Waals surface area (Å²) in [6.45, 7) is 0. The van der Waals surface area contributed by atoms with E-state index < -0.39 is 11.7 Å². The first-order valence-electron chi connectivity index (χ1n) is 7.27. The molecule has 0 saturated heterocycles. The lowest BCUT2D eigenvalue weighted by Gasteiger charge is -2.10. The SMILES string of the molecule is FC(F)(F)c1cccc(-c2nnc(CBr)c(Oc3ccc(Cl)cc3)n2)c1. The van der Waals surface area contributed by atoms with Gasteiger partial charge in [-0.2, -0.15) is 18.2 Å². The Labute approximate surface area is 160 Å². The quantitative estimate of drug-likeness (QED) is 0.470.